The molecule has 1 saturated carbocycles. The van der Waals surface area contributed by atoms with Crippen molar-refractivity contribution >= 4 is 27.3 Å². The van der Waals surface area contributed by atoms with Crippen LogP contribution < -0.4 is 5.32 Å². The first-order valence-electron chi connectivity index (χ1n) is 7.55. The number of hydrogen-bond acceptors (Lipinski definition) is 2. The van der Waals surface area contributed by atoms with E-state index in [0.29, 0.717) is 5.41 Å². The number of nitrogens with one attached hydrogen (secondary N) is 1. The predicted octanol–water partition coefficient (Wildman–Crippen LogP) is 5.31. The molecule has 3 heteroatoms. The van der Waals surface area contributed by atoms with Crippen molar-refractivity contribution in [3.63, 3.8) is 0 Å². The molecule has 108 valence electrons. The smallest absolute Gasteiger partial charge is 0.0317 e. The lowest BCUT2D eigenvalue weighted by Crippen LogP contribution is -2.28. The average molecular weight is 344 g/mol. The summed E-state index contributed by atoms with van der Waals surface area (Å²) in [5.74, 6) is 0. The summed E-state index contributed by atoms with van der Waals surface area (Å²) < 4.78 is 1.33. The maximum Gasteiger partial charge on any atom is 0.0317 e. The van der Waals surface area contributed by atoms with Crippen LogP contribution in [-0.4, -0.2) is 13.6 Å². The van der Waals surface area contributed by atoms with Crippen molar-refractivity contribution in [3.05, 3.63) is 20.3 Å². The zero-order chi connectivity index (χ0) is 13.7. The van der Waals surface area contributed by atoms with Gasteiger partial charge in [-0.1, -0.05) is 19.3 Å². The molecule has 2 rings (SSSR count). The molecule has 1 heterocycles. The molecule has 0 radical (unpaired) electrons. The van der Waals surface area contributed by atoms with Crippen LogP contribution in [0.2, 0.25) is 0 Å². The Morgan fingerprint density at radius 2 is 2.00 bits per heavy atom. The van der Waals surface area contributed by atoms with Crippen LogP contribution in [-0.2, 0) is 6.42 Å². The van der Waals surface area contributed by atoms with Crippen LogP contribution in [0.15, 0.2) is 10.5 Å². The van der Waals surface area contributed by atoms with Crippen LogP contribution in [0, 0.1) is 12.3 Å². The Hall–Kier alpha value is 0.140. The second-order valence-corrected chi connectivity index (χ2v) is 8.24. The summed E-state index contributed by atoms with van der Waals surface area (Å²) in [7, 11) is 2.08. The average Bonchev–Trinajstić information content (AvgIpc) is 2.74. The molecule has 0 spiro atoms. The molecular formula is C16H26BrNS. The van der Waals surface area contributed by atoms with Crippen LogP contribution in [0.3, 0.4) is 0 Å². The quantitative estimate of drug-likeness (QED) is 0.737. The number of aryl methyl sites for hydroxylation is 2. The van der Waals surface area contributed by atoms with Crippen LogP contribution in [0.1, 0.15) is 54.7 Å². The van der Waals surface area contributed by atoms with Gasteiger partial charge >= 0.3 is 0 Å². The summed E-state index contributed by atoms with van der Waals surface area (Å²) >= 11 is 5.67. The Labute approximate surface area is 130 Å². The van der Waals surface area contributed by atoms with Crippen molar-refractivity contribution in [3.8, 4) is 0 Å². The fraction of sp³-hybridized carbons (Fsp3) is 0.750. The first-order valence-corrected chi connectivity index (χ1v) is 9.16. The van der Waals surface area contributed by atoms with Crippen LogP contribution in [0.25, 0.3) is 0 Å². The van der Waals surface area contributed by atoms with Gasteiger partial charge in [-0.3, -0.25) is 0 Å². The topological polar surface area (TPSA) is 12.0 Å². The van der Waals surface area contributed by atoms with Gasteiger partial charge in [-0.15, -0.1) is 11.3 Å². The van der Waals surface area contributed by atoms with Crippen molar-refractivity contribution in [1.29, 1.82) is 0 Å². The van der Waals surface area contributed by atoms with Crippen LogP contribution in [0.5, 0.6) is 0 Å². The summed E-state index contributed by atoms with van der Waals surface area (Å²) in [6, 6.07) is 2.27. The molecular weight excluding hydrogens is 318 g/mol. The van der Waals surface area contributed by atoms with Gasteiger partial charge in [0.05, 0.1) is 0 Å². The van der Waals surface area contributed by atoms with E-state index < -0.39 is 0 Å². The van der Waals surface area contributed by atoms with Gasteiger partial charge in [0.1, 0.15) is 0 Å². The Bertz CT molecular complexity index is 393. The Morgan fingerprint density at radius 3 is 2.58 bits per heavy atom. The standard InChI is InChI=1S/C16H26BrNS/c1-13-12-14(17)15(19-13)6-9-16(10-11-18-2)7-4-3-5-8-16/h12,18H,3-11H2,1-2H3. The predicted molar refractivity (Wildman–Crippen MR) is 89.1 cm³/mol. The number of thiophene rings is 1. The molecule has 1 aliphatic carbocycles. The molecule has 1 aliphatic rings. The Kier molecular flexibility index (Phi) is 5.91. The summed E-state index contributed by atoms with van der Waals surface area (Å²) in [4.78, 5) is 2.97. The molecule has 0 aromatic carbocycles. The van der Waals surface area contributed by atoms with E-state index >= 15 is 0 Å². The van der Waals surface area contributed by atoms with Crippen molar-refractivity contribution < 1.29 is 0 Å². The number of rotatable bonds is 6. The molecule has 1 aromatic rings. The Balaban J connectivity index is 1.97. The first kappa shape index (κ1) is 15.5. The zero-order valence-electron chi connectivity index (χ0n) is 12.2. The van der Waals surface area contributed by atoms with Gasteiger partial charge in [0.25, 0.3) is 0 Å². The molecule has 0 atom stereocenters. The minimum Gasteiger partial charge on any atom is -0.320 e. The van der Waals surface area contributed by atoms with E-state index in [1.165, 1.54) is 67.3 Å². The summed E-state index contributed by atoms with van der Waals surface area (Å²) in [5.41, 5.74) is 0.610. The molecule has 0 saturated heterocycles. The van der Waals surface area contributed by atoms with E-state index in [9.17, 15) is 0 Å². The highest BCUT2D eigenvalue weighted by Gasteiger charge is 2.31. The molecule has 0 bridgehead atoms. The van der Waals surface area contributed by atoms with Crippen molar-refractivity contribution in [2.24, 2.45) is 5.41 Å². The highest BCUT2D eigenvalue weighted by molar-refractivity contribution is 9.10. The van der Waals surface area contributed by atoms with Gasteiger partial charge in [-0.2, -0.15) is 0 Å². The highest BCUT2D eigenvalue weighted by atomic mass is 79.9. The van der Waals surface area contributed by atoms with Gasteiger partial charge in [0.2, 0.25) is 0 Å². The monoisotopic (exact) mass is 343 g/mol. The molecule has 0 unspecified atom stereocenters. The molecule has 1 nitrogen and oxygen atoms in total. The van der Waals surface area contributed by atoms with E-state index in [-0.39, 0.29) is 0 Å². The SMILES string of the molecule is CNCCC1(CCc2sc(C)cc2Br)CCCCC1. The molecule has 19 heavy (non-hydrogen) atoms. The fourth-order valence-electron chi connectivity index (χ4n) is 3.40. The van der Waals surface area contributed by atoms with Gasteiger partial charge in [-0.25, -0.2) is 0 Å². The molecule has 0 amide bonds. The van der Waals surface area contributed by atoms with Crippen molar-refractivity contribution in [2.45, 2.75) is 58.3 Å². The summed E-state index contributed by atoms with van der Waals surface area (Å²) in [6.45, 7) is 3.38. The molecule has 0 aliphatic heterocycles. The highest BCUT2D eigenvalue weighted by Crippen LogP contribution is 2.43. The second kappa shape index (κ2) is 7.24. The summed E-state index contributed by atoms with van der Waals surface area (Å²) in [5, 5.41) is 3.35. The van der Waals surface area contributed by atoms with E-state index in [2.05, 4.69) is 41.3 Å². The summed E-state index contributed by atoms with van der Waals surface area (Å²) in [6.07, 6.45) is 11.2. The Morgan fingerprint density at radius 1 is 1.26 bits per heavy atom. The van der Waals surface area contributed by atoms with E-state index in [1.54, 1.807) is 4.88 Å². The third kappa shape index (κ3) is 4.30. The van der Waals surface area contributed by atoms with Crippen molar-refractivity contribution in [1.82, 2.24) is 5.32 Å². The van der Waals surface area contributed by atoms with E-state index in [1.807, 2.05) is 11.3 Å². The third-order valence-electron chi connectivity index (χ3n) is 4.58. The normalized spacial score (nSPS) is 18.7. The lowest BCUT2D eigenvalue weighted by Gasteiger charge is -2.37. The minimum atomic E-state index is 0.610. The van der Waals surface area contributed by atoms with Gasteiger partial charge in [0, 0.05) is 14.2 Å². The van der Waals surface area contributed by atoms with Gasteiger partial charge < -0.3 is 5.32 Å². The molecule has 1 fully saturated rings. The van der Waals surface area contributed by atoms with Crippen LogP contribution in [0.4, 0.5) is 0 Å². The fourth-order valence-corrected chi connectivity index (χ4v) is 5.26. The largest absolute Gasteiger partial charge is 0.320 e. The number of halogens is 1. The zero-order valence-corrected chi connectivity index (χ0v) is 14.6. The van der Waals surface area contributed by atoms with Gasteiger partial charge in [-0.05, 0) is 80.0 Å². The van der Waals surface area contributed by atoms with Crippen molar-refractivity contribution in [2.75, 3.05) is 13.6 Å². The first-order chi connectivity index (χ1) is 9.15. The molecule has 1 aromatic heterocycles. The van der Waals surface area contributed by atoms with E-state index in [4.69, 9.17) is 0 Å². The molecule has 1 N–H and O–H groups in total. The van der Waals surface area contributed by atoms with Gasteiger partial charge in [0.15, 0.2) is 0 Å². The maximum atomic E-state index is 3.71. The second-order valence-electron chi connectivity index (χ2n) is 6.04. The third-order valence-corrected chi connectivity index (χ3v) is 6.66. The van der Waals surface area contributed by atoms with E-state index in [0.717, 1.165) is 0 Å². The van der Waals surface area contributed by atoms with Crippen LogP contribution >= 0.6 is 27.3 Å². The lowest BCUT2D eigenvalue weighted by molar-refractivity contribution is 0.158. The minimum absolute atomic E-state index is 0.610. The number of hydrogen-bond donors (Lipinski definition) is 1. The lowest BCUT2D eigenvalue weighted by atomic mass is 9.69. The maximum absolute atomic E-state index is 3.71.